The topological polar surface area (TPSA) is 94.2 Å². The number of halogens is 2. The molecule has 8 nitrogen and oxygen atoms in total. The van der Waals surface area contributed by atoms with Crippen LogP contribution in [0.2, 0.25) is 5.02 Å². The van der Waals surface area contributed by atoms with Gasteiger partial charge in [-0.1, -0.05) is 31.5 Å². The van der Waals surface area contributed by atoms with Crippen molar-refractivity contribution in [2.24, 2.45) is 0 Å². The molecule has 200 valence electrons. The number of hydrazine groups is 1. The Morgan fingerprint density at radius 3 is 2.63 bits per heavy atom. The van der Waals surface area contributed by atoms with Crippen molar-refractivity contribution < 1.29 is 9.18 Å². The molecule has 1 unspecified atom stereocenters. The van der Waals surface area contributed by atoms with E-state index in [1.54, 1.807) is 18.5 Å². The molecule has 1 amide bonds. The summed E-state index contributed by atoms with van der Waals surface area (Å²) in [5.41, 5.74) is 10.1. The van der Waals surface area contributed by atoms with Gasteiger partial charge >= 0.3 is 0 Å². The van der Waals surface area contributed by atoms with Gasteiger partial charge in [0.05, 0.1) is 16.6 Å². The second-order valence-electron chi connectivity index (χ2n) is 8.91. The zero-order valence-electron chi connectivity index (χ0n) is 21.4. The predicted octanol–water partition coefficient (Wildman–Crippen LogP) is 4.02. The van der Waals surface area contributed by atoms with Crippen LogP contribution in [0.3, 0.4) is 0 Å². The number of amides is 1. The molecule has 2 heterocycles. The molecule has 0 aliphatic heterocycles. The van der Waals surface area contributed by atoms with E-state index in [2.05, 4.69) is 50.2 Å². The molecule has 3 aromatic rings. The molecule has 0 saturated heterocycles. The van der Waals surface area contributed by atoms with Gasteiger partial charge in [-0.05, 0) is 79.1 Å². The normalized spacial score (nSPS) is 14.2. The van der Waals surface area contributed by atoms with Crippen LogP contribution in [-0.4, -0.2) is 52.1 Å². The molecule has 4 rings (SSSR count). The Morgan fingerprint density at radius 2 is 1.89 bits per heavy atom. The highest BCUT2D eigenvalue weighted by molar-refractivity contribution is 7.80. The summed E-state index contributed by atoms with van der Waals surface area (Å²) in [6, 6.07) is 7.97. The van der Waals surface area contributed by atoms with E-state index in [0.717, 1.165) is 54.7 Å². The lowest BCUT2D eigenvalue weighted by Gasteiger charge is -2.23. The minimum Gasteiger partial charge on any atom is -0.351 e. The number of benzene rings is 1. The zero-order valence-corrected chi connectivity index (χ0v) is 22.9. The largest absolute Gasteiger partial charge is 0.351 e. The zero-order chi connectivity index (χ0) is 27.1. The third-order valence-corrected chi connectivity index (χ3v) is 7.13. The number of fused-ring (bicyclic) bond motifs is 2. The van der Waals surface area contributed by atoms with Gasteiger partial charge in [-0.25, -0.2) is 9.37 Å². The first kappa shape index (κ1) is 27.7. The van der Waals surface area contributed by atoms with Crippen molar-refractivity contribution in [2.45, 2.75) is 32.7 Å². The van der Waals surface area contributed by atoms with E-state index in [1.165, 1.54) is 18.3 Å². The number of nitrogens with one attached hydrogen (secondary N) is 4. The number of hydrogen-bond donors (Lipinski definition) is 4. The van der Waals surface area contributed by atoms with E-state index in [4.69, 9.17) is 23.8 Å². The first-order valence-corrected chi connectivity index (χ1v) is 13.4. The molecule has 1 aliphatic rings. The summed E-state index contributed by atoms with van der Waals surface area (Å²) in [4.78, 5) is 23.3. The molecule has 0 radical (unpaired) electrons. The van der Waals surface area contributed by atoms with Gasteiger partial charge in [-0.2, -0.15) is 0 Å². The van der Waals surface area contributed by atoms with E-state index in [-0.39, 0.29) is 27.9 Å². The van der Waals surface area contributed by atoms with Gasteiger partial charge in [0.1, 0.15) is 5.82 Å². The van der Waals surface area contributed by atoms with Crippen LogP contribution in [0, 0.1) is 5.82 Å². The van der Waals surface area contributed by atoms with Gasteiger partial charge in [0, 0.05) is 37.2 Å². The van der Waals surface area contributed by atoms with Crippen molar-refractivity contribution in [3.05, 3.63) is 87.6 Å². The van der Waals surface area contributed by atoms with Crippen molar-refractivity contribution in [1.82, 2.24) is 30.9 Å². The molecule has 4 N–H and O–H groups in total. The maximum Gasteiger partial charge on any atom is 0.252 e. The number of rotatable bonds is 9. The van der Waals surface area contributed by atoms with Gasteiger partial charge in [-0.15, -0.1) is 0 Å². The fraction of sp³-hybridized carbons (Fsp3) is 0.333. The summed E-state index contributed by atoms with van der Waals surface area (Å²) >= 11 is 11.9. The van der Waals surface area contributed by atoms with Crippen LogP contribution < -0.4 is 21.5 Å². The maximum absolute atomic E-state index is 14.2. The first-order valence-electron chi connectivity index (χ1n) is 12.6. The molecule has 1 aromatic carbocycles. The molecule has 0 spiro atoms. The fourth-order valence-electron chi connectivity index (χ4n) is 4.48. The Kier molecular flexibility index (Phi) is 9.43. The van der Waals surface area contributed by atoms with Crippen LogP contribution in [0.5, 0.6) is 0 Å². The SMILES string of the molecule is CCN(CC)CCNC(=O)c1cnc(NNC(=S)NC2c3cnccc3CCc3ccc(F)cc32)c(Cl)c1. The molecule has 0 bridgehead atoms. The number of nitrogens with zero attached hydrogens (tertiary/aromatic N) is 3. The number of carbonyl (C=O) groups is 1. The lowest BCUT2D eigenvalue weighted by Crippen LogP contribution is -2.41. The summed E-state index contributed by atoms with van der Waals surface area (Å²) < 4.78 is 14.2. The van der Waals surface area contributed by atoms with Gasteiger partial charge in [-0.3, -0.25) is 20.6 Å². The van der Waals surface area contributed by atoms with Crippen LogP contribution in [0.15, 0.2) is 48.9 Å². The number of aromatic nitrogens is 2. The van der Waals surface area contributed by atoms with Crippen molar-refractivity contribution in [1.29, 1.82) is 0 Å². The first-order chi connectivity index (χ1) is 18.4. The van der Waals surface area contributed by atoms with Crippen molar-refractivity contribution in [3.63, 3.8) is 0 Å². The van der Waals surface area contributed by atoms with Crippen LogP contribution in [0.25, 0.3) is 0 Å². The molecule has 1 atom stereocenters. The number of thiocarbonyl (C=S) groups is 1. The lowest BCUT2D eigenvalue weighted by atomic mass is 9.96. The number of anilines is 1. The number of hydrogen-bond acceptors (Lipinski definition) is 6. The summed E-state index contributed by atoms with van der Waals surface area (Å²) in [6.07, 6.45) is 6.60. The van der Waals surface area contributed by atoms with Gasteiger partial charge in [0.25, 0.3) is 5.91 Å². The third-order valence-electron chi connectivity index (χ3n) is 6.62. The van der Waals surface area contributed by atoms with Crippen molar-refractivity contribution >= 4 is 40.7 Å². The van der Waals surface area contributed by atoms with E-state index in [1.807, 2.05) is 12.1 Å². The second-order valence-corrected chi connectivity index (χ2v) is 9.73. The number of aryl methyl sites for hydroxylation is 2. The Labute approximate surface area is 232 Å². The predicted molar refractivity (Wildman–Crippen MR) is 152 cm³/mol. The Morgan fingerprint density at radius 1 is 1.13 bits per heavy atom. The average molecular weight is 556 g/mol. The summed E-state index contributed by atoms with van der Waals surface area (Å²) in [7, 11) is 0. The molecule has 38 heavy (non-hydrogen) atoms. The van der Waals surface area contributed by atoms with E-state index >= 15 is 0 Å². The van der Waals surface area contributed by atoms with Crippen LogP contribution in [0.1, 0.15) is 52.5 Å². The second kappa shape index (κ2) is 12.9. The molecular weight excluding hydrogens is 525 g/mol. The van der Waals surface area contributed by atoms with E-state index in [9.17, 15) is 9.18 Å². The molecule has 1 aliphatic carbocycles. The maximum atomic E-state index is 14.2. The van der Waals surface area contributed by atoms with Crippen LogP contribution in [0.4, 0.5) is 10.2 Å². The Hall–Kier alpha value is -3.34. The Bertz CT molecular complexity index is 1300. The minimum absolute atomic E-state index is 0.241. The monoisotopic (exact) mass is 555 g/mol. The lowest BCUT2D eigenvalue weighted by molar-refractivity contribution is 0.0948. The highest BCUT2D eigenvalue weighted by Crippen LogP contribution is 2.32. The average Bonchev–Trinajstić information content (AvgIpc) is 3.07. The van der Waals surface area contributed by atoms with E-state index < -0.39 is 0 Å². The highest BCUT2D eigenvalue weighted by Gasteiger charge is 2.25. The van der Waals surface area contributed by atoms with Gasteiger partial charge in [0.2, 0.25) is 0 Å². The summed E-state index contributed by atoms with van der Waals surface area (Å²) in [6.45, 7) is 7.33. The van der Waals surface area contributed by atoms with Crippen molar-refractivity contribution in [3.8, 4) is 0 Å². The summed E-state index contributed by atoms with van der Waals surface area (Å²) in [5, 5.41) is 6.68. The fourth-order valence-corrected chi connectivity index (χ4v) is 4.87. The highest BCUT2D eigenvalue weighted by atomic mass is 35.5. The molecular formula is C27H31ClFN7OS. The number of likely N-dealkylation sites (N-methyl/N-ethyl adjacent to an activating group) is 1. The molecule has 0 fully saturated rings. The summed E-state index contributed by atoms with van der Waals surface area (Å²) in [5.74, 6) is -0.243. The van der Waals surface area contributed by atoms with Crippen molar-refractivity contribution in [2.75, 3.05) is 31.6 Å². The number of carbonyl (C=O) groups excluding carboxylic acids is 1. The van der Waals surface area contributed by atoms with Crippen LogP contribution in [-0.2, 0) is 12.8 Å². The Balaban J connectivity index is 1.40. The quantitative estimate of drug-likeness (QED) is 0.232. The molecule has 0 saturated carbocycles. The van der Waals surface area contributed by atoms with E-state index in [0.29, 0.717) is 17.9 Å². The van der Waals surface area contributed by atoms with Crippen LogP contribution >= 0.6 is 23.8 Å². The molecule has 11 heteroatoms. The molecule has 2 aromatic heterocycles. The smallest absolute Gasteiger partial charge is 0.252 e. The standard InChI is InChI=1S/C27H31ClFN7OS/c1-3-36(4-2)12-11-31-26(37)19-13-23(28)25(32-15-19)34-35-27(38)33-24-21-14-20(29)8-7-17(21)5-6-18-9-10-30-16-22(18)24/h7-10,13-16,24H,3-6,11-12H2,1-2H3,(H,31,37)(H,32,34)(H2,33,35,38). The van der Waals surface area contributed by atoms with Gasteiger partial charge < -0.3 is 15.5 Å². The number of pyridine rings is 2. The third kappa shape index (κ3) is 6.75. The minimum atomic E-state index is -0.389. The van der Waals surface area contributed by atoms with Gasteiger partial charge in [0.15, 0.2) is 10.9 Å².